The Kier molecular flexibility index (Phi) is 5.28. The van der Waals surface area contributed by atoms with Crippen molar-refractivity contribution in [1.29, 1.82) is 5.26 Å². The Morgan fingerprint density at radius 3 is 2.61 bits per heavy atom. The van der Waals surface area contributed by atoms with Crippen molar-refractivity contribution in [3.63, 3.8) is 0 Å². The van der Waals surface area contributed by atoms with Crippen molar-refractivity contribution >= 4 is 10.0 Å². The number of rotatable bonds is 6. The topological polar surface area (TPSA) is 82.0 Å². The molecule has 0 atom stereocenters. The van der Waals surface area contributed by atoms with E-state index in [2.05, 4.69) is 10.0 Å². The molecule has 0 aliphatic carbocycles. The summed E-state index contributed by atoms with van der Waals surface area (Å²) in [6.07, 6.45) is 0.727. The summed E-state index contributed by atoms with van der Waals surface area (Å²) in [4.78, 5) is 0.228. The Morgan fingerprint density at radius 1 is 1.33 bits per heavy atom. The van der Waals surface area contributed by atoms with E-state index in [4.69, 9.17) is 5.26 Å². The maximum atomic E-state index is 12.0. The summed E-state index contributed by atoms with van der Waals surface area (Å²) >= 11 is 0. The fourth-order valence-electron chi connectivity index (χ4n) is 1.57. The smallest absolute Gasteiger partial charge is 0.240 e. The predicted molar refractivity (Wildman–Crippen MR) is 69.6 cm³/mol. The van der Waals surface area contributed by atoms with Gasteiger partial charge in [-0.2, -0.15) is 5.26 Å². The van der Waals surface area contributed by atoms with Crippen molar-refractivity contribution in [2.24, 2.45) is 0 Å². The second kappa shape index (κ2) is 6.50. The fraction of sp³-hybridized carbons (Fsp3) is 0.417. The number of nitrogens with zero attached hydrogens (tertiary/aromatic N) is 1. The molecular formula is C12H17N3O2S. The molecule has 2 N–H and O–H groups in total. The Bertz CT molecular complexity index is 547. The Labute approximate surface area is 108 Å². The molecule has 0 saturated carbocycles. The van der Waals surface area contributed by atoms with Crippen LogP contribution in [0.4, 0.5) is 0 Å². The normalized spacial score (nSPS) is 11.2. The number of nitrogens with one attached hydrogen (secondary N) is 2. The van der Waals surface area contributed by atoms with Gasteiger partial charge in [-0.3, -0.25) is 0 Å². The van der Waals surface area contributed by atoms with Crippen LogP contribution in [0.1, 0.15) is 17.5 Å². The first-order valence-corrected chi connectivity index (χ1v) is 7.14. The van der Waals surface area contributed by atoms with Gasteiger partial charge in [-0.1, -0.05) is 0 Å². The zero-order valence-electron chi connectivity index (χ0n) is 10.5. The van der Waals surface area contributed by atoms with Crippen molar-refractivity contribution in [3.8, 4) is 6.07 Å². The van der Waals surface area contributed by atoms with Gasteiger partial charge in [0.05, 0.1) is 16.5 Å². The largest absolute Gasteiger partial charge is 0.320 e. The first kappa shape index (κ1) is 14.6. The summed E-state index contributed by atoms with van der Waals surface area (Å²) < 4.78 is 26.5. The molecule has 1 aromatic carbocycles. The number of sulfonamides is 1. The third kappa shape index (κ3) is 3.81. The van der Waals surface area contributed by atoms with E-state index in [0.717, 1.165) is 13.0 Å². The zero-order chi connectivity index (χ0) is 13.6. The highest BCUT2D eigenvalue weighted by Crippen LogP contribution is 2.16. The minimum absolute atomic E-state index is 0.228. The first-order chi connectivity index (χ1) is 8.51. The van der Waals surface area contributed by atoms with E-state index in [1.165, 1.54) is 12.1 Å². The highest BCUT2D eigenvalue weighted by atomic mass is 32.2. The van der Waals surface area contributed by atoms with Crippen molar-refractivity contribution < 1.29 is 8.42 Å². The average molecular weight is 267 g/mol. The summed E-state index contributed by atoms with van der Waals surface area (Å²) in [6, 6.07) is 6.53. The van der Waals surface area contributed by atoms with Crippen LogP contribution in [0, 0.1) is 18.3 Å². The van der Waals surface area contributed by atoms with Gasteiger partial charge in [0.2, 0.25) is 10.0 Å². The quantitative estimate of drug-likeness (QED) is 0.745. The molecule has 0 aliphatic rings. The van der Waals surface area contributed by atoms with E-state index in [1.54, 1.807) is 13.0 Å². The maximum Gasteiger partial charge on any atom is 0.240 e. The minimum atomic E-state index is -3.48. The molecule has 0 spiro atoms. The average Bonchev–Trinajstić information content (AvgIpc) is 2.34. The van der Waals surface area contributed by atoms with Crippen molar-refractivity contribution in [2.45, 2.75) is 18.2 Å². The Balaban J connectivity index is 2.82. The van der Waals surface area contributed by atoms with Gasteiger partial charge in [-0.05, 0) is 50.7 Å². The van der Waals surface area contributed by atoms with E-state index in [-0.39, 0.29) is 4.90 Å². The highest BCUT2D eigenvalue weighted by Gasteiger charge is 2.16. The van der Waals surface area contributed by atoms with E-state index in [0.29, 0.717) is 17.7 Å². The number of nitriles is 1. The molecule has 0 radical (unpaired) electrons. The molecule has 1 rings (SSSR count). The van der Waals surface area contributed by atoms with Crippen LogP contribution in [0.3, 0.4) is 0 Å². The zero-order valence-corrected chi connectivity index (χ0v) is 11.3. The van der Waals surface area contributed by atoms with E-state index >= 15 is 0 Å². The highest BCUT2D eigenvalue weighted by molar-refractivity contribution is 7.89. The molecule has 0 saturated heterocycles. The van der Waals surface area contributed by atoms with Gasteiger partial charge >= 0.3 is 0 Å². The van der Waals surface area contributed by atoms with E-state index in [1.807, 2.05) is 13.1 Å². The summed E-state index contributed by atoms with van der Waals surface area (Å²) in [6.45, 7) is 2.83. The molecule has 1 aromatic rings. The van der Waals surface area contributed by atoms with Crippen LogP contribution in [0.15, 0.2) is 23.1 Å². The van der Waals surface area contributed by atoms with Crippen molar-refractivity contribution in [3.05, 3.63) is 29.3 Å². The molecule has 18 heavy (non-hydrogen) atoms. The first-order valence-electron chi connectivity index (χ1n) is 5.66. The van der Waals surface area contributed by atoms with Crippen LogP contribution in [0.25, 0.3) is 0 Å². The SMILES string of the molecule is CNCCCNS(=O)(=O)c1ccc(C#N)cc1C. The molecule has 0 amide bonds. The molecule has 0 aromatic heterocycles. The molecule has 5 nitrogen and oxygen atoms in total. The lowest BCUT2D eigenvalue weighted by atomic mass is 10.2. The van der Waals surface area contributed by atoms with Gasteiger partial charge in [0.1, 0.15) is 0 Å². The van der Waals surface area contributed by atoms with E-state index in [9.17, 15) is 8.42 Å². The van der Waals surface area contributed by atoms with Crippen molar-refractivity contribution in [2.75, 3.05) is 20.1 Å². The third-order valence-electron chi connectivity index (χ3n) is 2.49. The standard InChI is InChI=1S/C12H17N3O2S/c1-10-8-11(9-13)4-5-12(10)18(16,17)15-7-3-6-14-2/h4-5,8,14-15H,3,6-7H2,1-2H3. The van der Waals surface area contributed by atoms with Crippen LogP contribution in [0.2, 0.25) is 0 Å². The summed E-state index contributed by atoms with van der Waals surface area (Å²) in [5, 5.41) is 11.7. The molecule has 0 unspecified atom stereocenters. The molecule has 0 heterocycles. The molecular weight excluding hydrogens is 250 g/mol. The number of hydrogen-bond acceptors (Lipinski definition) is 4. The van der Waals surface area contributed by atoms with Gasteiger partial charge in [0.25, 0.3) is 0 Å². The lowest BCUT2D eigenvalue weighted by Crippen LogP contribution is -2.27. The predicted octanol–water partition coefficient (Wildman–Crippen LogP) is 0.755. The monoisotopic (exact) mass is 267 g/mol. The molecule has 0 aliphatic heterocycles. The van der Waals surface area contributed by atoms with Gasteiger partial charge in [0.15, 0.2) is 0 Å². The molecule has 98 valence electrons. The van der Waals surface area contributed by atoms with Crippen LogP contribution in [-0.2, 0) is 10.0 Å². The third-order valence-corrected chi connectivity index (χ3v) is 4.11. The second-order valence-corrected chi connectivity index (χ2v) is 5.68. The minimum Gasteiger partial charge on any atom is -0.320 e. The lowest BCUT2D eigenvalue weighted by molar-refractivity contribution is 0.576. The maximum absolute atomic E-state index is 12.0. The fourth-order valence-corrected chi connectivity index (χ4v) is 2.87. The molecule has 0 bridgehead atoms. The van der Waals surface area contributed by atoms with Gasteiger partial charge < -0.3 is 5.32 Å². The van der Waals surface area contributed by atoms with Gasteiger partial charge in [-0.15, -0.1) is 0 Å². The lowest BCUT2D eigenvalue weighted by Gasteiger charge is -2.09. The van der Waals surface area contributed by atoms with Gasteiger partial charge in [-0.25, -0.2) is 13.1 Å². The van der Waals surface area contributed by atoms with E-state index < -0.39 is 10.0 Å². The number of benzene rings is 1. The summed E-state index contributed by atoms with van der Waals surface area (Å²) in [5.41, 5.74) is 1.04. The Hall–Kier alpha value is -1.42. The Morgan fingerprint density at radius 2 is 2.06 bits per heavy atom. The van der Waals surface area contributed by atoms with Gasteiger partial charge in [0, 0.05) is 6.54 Å². The molecule has 0 fully saturated rings. The number of aryl methyl sites for hydroxylation is 1. The van der Waals surface area contributed by atoms with Crippen LogP contribution in [0.5, 0.6) is 0 Å². The van der Waals surface area contributed by atoms with Crippen LogP contribution < -0.4 is 10.0 Å². The van der Waals surface area contributed by atoms with Crippen LogP contribution >= 0.6 is 0 Å². The summed E-state index contributed by atoms with van der Waals surface area (Å²) in [5.74, 6) is 0. The van der Waals surface area contributed by atoms with Crippen LogP contribution in [-0.4, -0.2) is 28.6 Å². The molecule has 6 heteroatoms. The summed E-state index contributed by atoms with van der Waals surface area (Å²) in [7, 11) is -1.66. The second-order valence-electron chi connectivity index (χ2n) is 3.95. The van der Waals surface area contributed by atoms with Crippen molar-refractivity contribution in [1.82, 2.24) is 10.0 Å². The number of hydrogen-bond donors (Lipinski definition) is 2.